The van der Waals surface area contributed by atoms with Crippen molar-refractivity contribution in [1.82, 2.24) is 4.90 Å². The molecule has 1 N–H and O–H groups in total. The summed E-state index contributed by atoms with van der Waals surface area (Å²) < 4.78 is 6.54. The minimum absolute atomic E-state index is 0.0524. The van der Waals surface area contributed by atoms with Gasteiger partial charge >= 0.3 is 0 Å². The van der Waals surface area contributed by atoms with E-state index in [0.29, 0.717) is 30.0 Å². The second-order valence-electron chi connectivity index (χ2n) is 14.7. The molecular weight excluding hydrogens is 474 g/mol. The Morgan fingerprint density at radius 1 is 1.05 bits per heavy atom. The average molecular weight is 530 g/mol. The summed E-state index contributed by atoms with van der Waals surface area (Å²) in [5, 5.41) is 11.5. The molecule has 4 saturated carbocycles. The maximum absolute atomic E-state index is 14.1. The Bertz CT molecular complexity index is 880. The van der Waals surface area contributed by atoms with Gasteiger partial charge in [-0.3, -0.25) is 14.5 Å². The molecule has 0 spiro atoms. The summed E-state index contributed by atoms with van der Waals surface area (Å²) >= 11 is 0. The average Bonchev–Trinajstić information content (AvgIpc) is 3.23. The van der Waals surface area contributed by atoms with Crippen LogP contribution in [0.3, 0.4) is 0 Å². The number of aliphatic hydroxyl groups excluding tert-OH is 1. The summed E-state index contributed by atoms with van der Waals surface area (Å²) in [7, 11) is 0. The number of hydrogen-bond donors (Lipinski definition) is 1. The number of Topliss-reactive ketones (excluding diaryl/α,β-unsaturated/α-hetero) is 2. The summed E-state index contributed by atoms with van der Waals surface area (Å²) in [4.78, 5) is 29.2. The minimum Gasteiger partial charge on any atom is -0.391 e. The maximum Gasteiger partial charge on any atom is 0.137 e. The molecule has 0 amide bonds. The molecule has 5 aliphatic rings. The second kappa shape index (κ2) is 10.9. The number of nitrogens with zero attached hydrogens (tertiary/aromatic N) is 1. The van der Waals surface area contributed by atoms with Gasteiger partial charge in [-0.05, 0) is 86.9 Å². The van der Waals surface area contributed by atoms with E-state index >= 15 is 0 Å². The number of carbonyl (C=O) groups is 2. The SMILES string of the molecule is CCCCC1(CCCC)CN([C@H]2C[C@@]3(C)[C@@H](CC[C@H]4[C@@H]5CC[C@H](C(C)=O)[C@@]5(C)CC(=O)[C@@H]43)C[C@@H]2O)CCO1. The maximum atomic E-state index is 14.1. The van der Waals surface area contributed by atoms with Crippen LogP contribution >= 0.6 is 0 Å². The Balaban J connectivity index is 1.39. The van der Waals surface area contributed by atoms with Gasteiger partial charge < -0.3 is 9.84 Å². The number of hydrogen-bond acceptors (Lipinski definition) is 5. The van der Waals surface area contributed by atoms with Crippen molar-refractivity contribution >= 4 is 11.6 Å². The highest BCUT2D eigenvalue weighted by molar-refractivity contribution is 5.87. The molecule has 0 unspecified atom stereocenters. The van der Waals surface area contributed by atoms with Crippen molar-refractivity contribution in [2.45, 2.75) is 136 Å². The first-order chi connectivity index (χ1) is 18.1. The zero-order valence-corrected chi connectivity index (χ0v) is 25.0. The van der Waals surface area contributed by atoms with E-state index < -0.39 is 0 Å². The monoisotopic (exact) mass is 529 g/mol. The Kier molecular flexibility index (Phi) is 8.24. The van der Waals surface area contributed by atoms with Crippen molar-refractivity contribution in [3.63, 3.8) is 0 Å². The number of ether oxygens (including phenoxy) is 1. The van der Waals surface area contributed by atoms with Crippen molar-refractivity contribution in [2.24, 2.45) is 40.4 Å². The van der Waals surface area contributed by atoms with Crippen LogP contribution < -0.4 is 0 Å². The van der Waals surface area contributed by atoms with Crippen LogP contribution in [-0.4, -0.2) is 59.0 Å². The molecule has 1 saturated heterocycles. The smallest absolute Gasteiger partial charge is 0.137 e. The van der Waals surface area contributed by atoms with Crippen LogP contribution in [-0.2, 0) is 14.3 Å². The van der Waals surface area contributed by atoms with Crippen molar-refractivity contribution in [3.05, 3.63) is 0 Å². The fraction of sp³-hybridized carbons (Fsp3) is 0.939. The molecule has 0 aromatic rings. The van der Waals surface area contributed by atoms with Crippen LogP contribution in [0.2, 0.25) is 0 Å². The van der Waals surface area contributed by atoms with Gasteiger partial charge in [-0.25, -0.2) is 0 Å². The highest BCUT2D eigenvalue weighted by Crippen LogP contribution is 2.66. The van der Waals surface area contributed by atoms with Gasteiger partial charge in [-0.2, -0.15) is 0 Å². The molecule has 5 rings (SSSR count). The lowest BCUT2D eigenvalue weighted by molar-refractivity contribution is -0.182. The second-order valence-corrected chi connectivity index (χ2v) is 14.7. The molecular formula is C33H55NO4. The number of fused-ring (bicyclic) bond motifs is 5. The molecule has 0 aromatic carbocycles. The normalized spacial score (nSPS) is 44.8. The number of ketones is 2. The first-order valence-electron chi connectivity index (χ1n) is 16.2. The molecule has 1 aliphatic heterocycles. The van der Waals surface area contributed by atoms with Gasteiger partial charge in [0.25, 0.3) is 0 Å². The zero-order chi connectivity index (χ0) is 27.3. The molecule has 0 radical (unpaired) electrons. The molecule has 216 valence electrons. The lowest BCUT2D eigenvalue weighted by Crippen LogP contribution is -2.64. The van der Waals surface area contributed by atoms with Crippen LogP contribution in [0.4, 0.5) is 0 Å². The van der Waals surface area contributed by atoms with Crippen molar-refractivity contribution in [1.29, 1.82) is 0 Å². The Hall–Kier alpha value is -0.780. The van der Waals surface area contributed by atoms with Crippen LogP contribution in [0.25, 0.3) is 0 Å². The topological polar surface area (TPSA) is 66.8 Å². The van der Waals surface area contributed by atoms with Crippen LogP contribution in [0.5, 0.6) is 0 Å². The third-order valence-electron chi connectivity index (χ3n) is 12.6. The minimum atomic E-state index is -0.324. The van der Waals surface area contributed by atoms with E-state index in [1.807, 2.05) is 0 Å². The first kappa shape index (κ1) is 28.7. The molecule has 9 atom stereocenters. The van der Waals surface area contributed by atoms with Crippen LogP contribution in [0.15, 0.2) is 0 Å². The Labute approximate surface area is 231 Å². The predicted octanol–water partition coefficient (Wildman–Crippen LogP) is 6.20. The van der Waals surface area contributed by atoms with Crippen LogP contribution in [0.1, 0.15) is 118 Å². The number of morpholine rings is 1. The van der Waals surface area contributed by atoms with Gasteiger partial charge in [-0.1, -0.05) is 53.4 Å². The first-order valence-corrected chi connectivity index (χ1v) is 16.2. The molecule has 5 fully saturated rings. The summed E-state index contributed by atoms with van der Waals surface area (Å²) in [5.41, 5.74) is -0.304. The molecule has 0 aromatic heterocycles. The number of rotatable bonds is 8. The predicted molar refractivity (Wildman–Crippen MR) is 151 cm³/mol. The lowest BCUT2D eigenvalue weighted by Gasteiger charge is -2.62. The van der Waals surface area contributed by atoms with Crippen molar-refractivity contribution in [2.75, 3.05) is 19.7 Å². The van der Waals surface area contributed by atoms with Gasteiger partial charge in [0.15, 0.2) is 0 Å². The zero-order valence-electron chi connectivity index (χ0n) is 25.0. The molecule has 4 aliphatic carbocycles. The van der Waals surface area contributed by atoms with E-state index in [9.17, 15) is 14.7 Å². The van der Waals surface area contributed by atoms with E-state index in [2.05, 4.69) is 32.6 Å². The van der Waals surface area contributed by atoms with E-state index in [1.54, 1.807) is 6.92 Å². The highest BCUT2D eigenvalue weighted by Gasteiger charge is 2.65. The Morgan fingerprint density at radius 2 is 1.76 bits per heavy atom. The quantitative estimate of drug-likeness (QED) is 0.405. The molecule has 5 heteroatoms. The van der Waals surface area contributed by atoms with Crippen molar-refractivity contribution in [3.8, 4) is 0 Å². The molecule has 38 heavy (non-hydrogen) atoms. The number of unbranched alkanes of at least 4 members (excludes halogenated alkanes) is 2. The number of carbonyl (C=O) groups excluding carboxylic acids is 2. The molecule has 1 heterocycles. The van der Waals surface area contributed by atoms with Gasteiger partial charge in [-0.15, -0.1) is 0 Å². The van der Waals surface area contributed by atoms with E-state index in [-0.39, 0.29) is 46.2 Å². The molecule has 0 bridgehead atoms. The summed E-state index contributed by atoms with van der Waals surface area (Å²) in [5.74, 6) is 2.15. The highest BCUT2D eigenvalue weighted by atomic mass is 16.5. The summed E-state index contributed by atoms with van der Waals surface area (Å²) in [6, 6.07) is 0.108. The van der Waals surface area contributed by atoms with Gasteiger partial charge in [0.1, 0.15) is 11.6 Å². The van der Waals surface area contributed by atoms with Gasteiger partial charge in [0.05, 0.1) is 18.3 Å². The largest absolute Gasteiger partial charge is 0.391 e. The third kappa shape index (κ3) is 4.75. The van der Waals surface area contributed by atoms with Gasteiger partial charge in [0, 0.05) is 37.4 Å². The summed E-state index contributed by atoms with van der Waals surface area (Å²) in [6.07, 6.45) is 13.2. The van der Waals surface area contributed by atoms with Gasteiger partial charge in [0.2, 0.25) is 0 Å². The standard InChI is InChI=1S/C33H55NO4/c1-6-8-14-33(15-9-7-2)21-34(16-17-38-33)27-19-31(4)23(18-28(27)36)10-11-24-26-13-12-25(22(3)35)32(26,5)20-29(37)30(24)31/h23-28,30,36H,6-21H2,1-5H3/t23-,24-,25+,26-,27-,28-,30+,31-,32+/m0/s1. The molecule has 5 nitrogen and oxygen atoms in total. The van der Waals surface area contributed by atoms with Crippen molar-refractivity contribution < 1.29 is 19.4 Å². The van der Waals surface area contributed by atoms with Crippen LogP contribution in [0, 0.1) is 40.4 Å². The fourth-order valence-electron chi connectivity index (χ4n) is 10.7. The lowest BCUT2D eigenvalue weighted by atomic mass is 9.43. The summed E-state index contributed by atoms with van der Waals surface area (Å²) in [6.45, 7) is 13.5. The van der Waals surface area contributed by atoms with E-state index in [4.69, 9.17) is 4.74 Å². The van der Waals surface area contributed by atoms with E-state index in [0.717, 1.165) is 71.1 Å². The van der Waals surface area contributed by atoms with E-state index in [1.165, 1.54) is 25.7 Å². The number of aliphatic hydroxyl groups is 1. The Morgan fingerprint density at radius 3 is 2.42 bits per heavy atom. The fourth-order valence-corrected chi connectivity index (χ4v) is 10.7. The third-order valence-corrected chi connectivity index (χ3v) is 12.6.